The van der Waals surface area contributed by atoms with Crippen molar-refractivity contribution in [2.75, 3.05) is 11.1 Å². The number of hydrogen-bond acceptors (Lipinski definition) is 5. The van der Waals surface area contributed by atoms with Gasteiger partial charge in [-0.05, 0) is 31.9 Å². The maximum Gasteiger partial charge on any atom is 0.231 e. The molecule has 0 unspecified atom stereocenters. The summed E-state index contributed by atoms with van der Waals surface area (Å²) in [4.78, 5) is 13.2. The van der Waals surface area contributed by atoms with Crippen molar-refractivity contribution in [3.05, 3.63) is 36.2 Å². The summed E-state index contributed by atoms with van der Waals surface area (Å²) < 4.78 is 1.99. The molecular formula is C16H20N6. The van der Waals surface area contributed by atoms with Crippen LogP contribution < -0.4 is 11.1 Å². The van der Waals surface area contributed by atoms with Crippen molar-refractivity contribution in [1.82, 2.24) is 19.5 Å². The molecule has 0 aliphatic heterocycles. The molecule has 6 nitrogen and oxygen atoms in total. The maximum atomic E-state index is 6.03. The number of benzene rings is 1. The van der Waals surface area contributed by atoms with Crippen LogP contribution in [0.25, 0.3) is 11.2 Å². The molecule has 22 heavy (non-hydrogen) atoms. The Labute approximate surface area is 129 Å². The van der Waals surface area contributed by atoms with Crippen molar-refractivity contribution in [2.45, 2.75) is 33.2 Å². The lowest BCUT2D eigenvalue weighted by Crippen LogP contribution is -2.06. The second kappa shape index (κ2) is 5.63. The van der Waals surface area contributed by atoms with Crippen LogP contribution in [0.2, 0.25) is 0 Å². The SMILES string of the molecule is CCc1ccccc1Nc1nc(N)c2ncn(C(C)C)c2n1. The first kappa shape index (κ1) is 14.3. The second-order valence-electron chi connectivity index (χ2n) is 5.49. The molecule has 1 aromatic carbocycles. The van der Waals surface area contributed by atoms with Crippen LogP contribution in [0.1, 0.15) is 32.4 Å². The summed E-state index contributed by atoms with van der Waals surface area (Å²) in [5, 5.41) is 3.27. The number of aryl methyl sites for hydroxylation is 1. The Hall–Kier alpha value is -2.63. The minimum Gasteiger partial charge on any atom is -0.382 e. The van der Waals surface area contributed by atoms with Gasteiger partial charge in [0.25, 0.3) is 0 Å². The monoisotopic (exact) mass is 296 g/mol. The zero-order chi connectivity index (χ0) is 15.7. The van der Waals surface area contributed by atoms with Crippen LogP contribution >= 0.6 is 0 Å². The average molecular weight is 296 g/mol. The lowest BCUT2D eigenvalue weighted by molar-refractivity contribution is 0.613. The summed E-state index contributed by atoms with van der Waals surface area (Å²) in [7, 11) is 0. The third-order valence-corrected chi connectivity index (χ3v) is 3.65. The quantitative estimate of drug-likeness (QED) is 0.772. The minimum atomic E-state index is 0.259. The Morgan fingerprint density at radius 1 is 1.23 bits per heavy atom. The van der Waals surface area contributed by atoms with Crippen molar-refractivity contribution in [3.8, 4) is 0 Å². The van der Waals surface area contributed by atoms with Gasteiger partial charge < -0.3 is 15.6 Å². The number of para-hydroxylation sites is 1. The van der Waals surface area contributed by atoms with Crippen LogP contribution in [-0.4, -0.2) is 19.5 Å². The van der Waals surface area contributed by atoms with E-state index in [1.165, 1.54) is 5.56 Å². The standard InChI is InChI=1S/C16H20N6/c1-4-11-7-5-6-8-12(11)19-16-20-14(17)13-15(21-16)22(9-18-13)10(2)3/h5-10H,4H2,1-3H3,(H3,17,19,20,21). The molecule has 0 bridgehead atoms. The molecule has 3 aromatic rings. The third kappa shape index (κ3) is 2.47. The number of nitrogens with two attached hydrogens (primary N) is 1. The van der Waals surface area contributed by atoms with Crippen LogP contribution in [0.5, 0.6) is 0 Å². The Balaban J connectivity index is 2.06. The van der Waals surface area contributed by atoms with Gasteiger partial charge in [0.1, 0.15) is 5.52 Å². The highest BCUT2D eigenvalue weighted by Gasteiger charge is 2.13. The van der Waals surface area contributed by atoms with Gasteiger partial charge in [-0.25, -0.2) is 4.98 Å². The normalized spacial score (nSPS) is 11.3. The molecular weight excluding hydrogens is 276 g/mol. The number of rotatable bonds is 4. The topological polar surface area (TPSA) is 81.6 Å². The van der Waals surface area contributed by atoms with E-state index in [-0.39, 0.29) is 6.04 Å². The first-order valence-corrected chi connectivity index (χ1v) is 7.45. The van der Waals surface area contributed by atoms with E-state index in [1.807, 2.05) is 22.8 Å². The van der Waals surface area contributed by atoms with E-state index in [0.717, 1.165) is 17.8 Å². The maximum absolute atomic E-state index is 6.03. The van der Waals surface area contributed by atoms with E-state index >= 15 is 0 Å². The van der Waals surface area contributed by atoms with Gasteiger partial charge in [0.05, 0.1) is 6.33 Å². The number of nitrogen functional groups attached to an aromatic ring is 1. The number of fused-ring (bicyclic) bond motifs is 1. The Bertz CT molecular complexity index is 806. The molecule has 0 fully saturated rings. The van der Waals surface area contributed by atoms with E-state index in [4.69, 9.17) is 5.73 Å². The van der Waals surface area contributed by atoms with Gasteiger partial charge in [-0.2, -0.15) is 9.97 Å². The summed E-state index contributed by atoms with van der Waals surface area (Å²) in [5.41, 5.74) is 9.63. The van der Waals surface area contributed by atoms with Crippen LogP contribution in [0, 0.1) is 0 Å². The lowest BCUT2D eigenvalue weighted by atomic mass is 10.1. The third-order valence-electron chi connectivity index (χ3n) is 3.65. The van der Waals surface area contributed by atoms with Crippen molar-refractivity contribution in [1.29, 1.82) is 0 Å². The molecule has 114 valence electrons. The Kier molecular flexibility index (Phi) is 3.66. The molecule has 0 saturated carbocycles. The Morgan fingerprint density at radius 3 is 2.73 bits per heavy atom. The smallest absolute Gasteiger partial charge is 0.231 e. The minimum absolute atomic E-state index is 0.259. The summed E-state index contributed by atoms with van der Waals surface area (Å²) in [6.45, 7) is 6.28. The van der Waals surface area contributed by atoms with Crippen LogP contribution in [0.3, 0.4) is 0 Å². The van der Waals surface area contributed by atoms with E-state index < -0.39 is 0 Å². The molecule has 2 heterocycles. The second-order valence-corrected chi connectivity index (χ2v) is 5.49. The van der Waals surface area contributed by atoms with E-state index in [2.05, 4.69) is 47.1 Å². The van der Waals surface area contributed by atoms with Crippen molar-refractivity contribution in [3.63, 3.8) is 0 Å². The predicted octanol–water partition coefficient (Wildman–Crippen LogP) is 3.30. The zero-order valence-electron chi connectivity index (χ0n) is 13.0. The van der Waals surface area contributed by atoms with Gasteiger partial charge in [-0.1, -0.05) is 25.1 Å². The highest BCUT2D eigenvalue weighted by atomic mass is 15.2. The molecule has 0 amide bonds. The summed E-state index contributed by atoms with van der Waals surface area (Å²) in [6, 6.07) is 8.37. The number of imidazole rings is 1. The largest absolute Gasteiger partial charge is 0.382 e. The fraction of sp³-hybridized carbons (Fsp3) is 0.312. The zero-order valence-corrected chi connectivity index (χ0v) is 13.0. The highest BCUT2D eigenvalue weighted by Crippen LogP contribution is 2.24. The van der Waals surface area contributed by atoms with Gasteiger partial charge in [-0.15, -0.1) is 0 Å². The van der Waals surface area contributed by atoms with E-state index in [1.54, 1.807) is 6.33 Å². The number of nitrogens with one attached hydrogen (secondary N) is 1. The molecule has 2 aromatic heterocycles. The summed E-state index contributed by atoms with van der Waals surface area (Å²) in [5.74, 6) is 0.883. The van der Waals surface area contributed by atoms with E-state index in [9.17, 15) is 0 Å². The molecule has 6 heteroatoms. The van der Waals surface area contributed by atoms with Gasteiger partial charge in [0.2, 0.25) is 5.95 Å². The number of anilines is 3. The predicted molar refractivity (Wildman–Crippen MR) is 89.2 cm³/mol. The number of nitrogens with zero attached hydrogens (tertiary/aromatic N) is 4. The van der Waals surface area contributed by atoms with Crippen LogP contribution in [0.4, 0.5) is 17.5 Å². The summed E-state index contributed by atoms with van der Waals surface area (Å²) in [6.07, 6.45) is 2.69. The fourth-order valence-corrected chi connectivity index (χ4v) is 2.44. The number of aromatic nitrogens is 4. The highest BCUT2D eigenvalue weighted by molar-refractivity contribution is 5.83. The van der Waals surface area contributed by atoms with E-state index in [0.29, 0.717) is 17.3 Å². The average Bonchev–Trinajstić information content (AvgIpc) is 2.92. The van der Waals surface area contributed by atoms with Gasteiger partial charge >= 0.3 is 0 Å². The first-order chi connectivity index (χ1) is 10.6. The lowest BCUT2D eigenvalue weighted by Gasteiger charge is -2.11. The Morgan fingerprint density at radius 2 is 2.00 bits per heavy atom. The molecule has 0 aliphatic rings. The molecule has 0 aliphatic carbocycles. The summed E-state index contributed by atoms with van der Waals surface area (Å²) >= 11 is 0. The number of hydrogen-bond donors (Lipinski definition) is 2. The van der Waals surface area contributed by atoms with Gasteiger partial charge in [-0.3, -0.25) is 0 Å². The fourth-order valence-electron chi connectivity index (χ4n) is 2.44. The van der Waals surface area contributed by atoms with Crippen molar-refractivity contribution in [2.24, 2.45) is 0 Å². The van der Waals surface area contributed by atoms with Crippen molar-refractivity contribution >= 4 is 28.6 Å². The molecule has 3 N–H and O–H groups in total. The van der Waals surface area contributed by atoms with Gasteiger partial charge in [0, 0.05) is 11.7 Å². The molecule has 0 radical (unpaired) electrons. The van der Waals surface area contributed by atoms with Crippen LogP contribution in [0.15, 0.2) is 30.6 Å². The molecule has 0 spiro atoms. The first-order valence-electron chi connectivity index (χ1n) is 7.45. The molecule has 0 saturated heterocycles. The molecule has 3 rings (SSSR count). The molecule has 0 atom stereocenters. The van der Waals surface area contributed by atoms with Crippen LogP contribution in [-0.2, 0) is 6.42 Å². The van der Waals surface area contributed by atoms with Crippen molar-refractivity contribution < 1.29 is 0 Å². The van der Waals surface area contributed by atoms with Gasteiger partial charge in [0.15, 0.2) is 11.5 Å².